The van der Waals surface area contributed by atoms with Gasteiger partial charge in [0.05, 0.1) is 0 Å². The Bertz CT molecular complexity index is 488. The number of aliphatic hydroxyl groups is 1. The number of fused-ring (bicyclic) bond motifs is 1. The summed E-state index contributed by atoms with van der Waals surface area (Å²) in [6, 6.07) is 5.48. The zero-order valence-electron chi connectivity index (χ0n) is 10.1. The van der Waals surface area contributed by atoms with Crippen LogP contribution in [0, 0.1) is 5.92 Å². The van der Waals surface area contributed by atoms with E-state index in [1.807, 2.05) is 25.1 Å². The maximum atomic E-state index is 12.0. The lowest BCUT2D eigenvalue weighted by atomic mass is 10.0. The normalized spacial score (nSPS) is 25.9. The molecule has 0 radical (unpaired) electrons. The highest BCUT2D eigenvalue weighted by molar-refractivity contribution is 5.96. The van der Waals surface area contributed by atoms with Gasteiger partial charge in [0.25, 0.3) is 0 Å². The number of carbonyl (C=O) groups excluding carboxylic acids is 1. The summed E-state index contributed by atoms with van der Waals surface area (Å²) in [5, 5.41) is 9.25. The molecule has 2 aliphatic heterocycles. The highest BCUT2D eigenvalue weighted by atomic mass is 16.7. The number of anilines is 1. The lowest BCUT2D eigenvalue weighted by Crippen LogP contribution is -2.33. The van der Waals surface area contributed by atoms with Crippen molar-refractivity contribution in [1.29, 1.82) is 0 Å². The van der Waals surface area contributed by atoms with E-state index in [-0.39, 0.29) is 31.3 Å². The van der Waals surface area contributed by atoms with Gasteiger partial charge in [0, 0.05) is 36.7 Å². The molecule has 2 aliphatic rings. The van der Waals surface area contributed by atoms with Gasteiger partial charge in [-0.1, -0.05) is 0 Å². The van der Waals surface area contributed by atoms with Crippen LogP contribution in [0.15, 0.2) is 18.2 Å². The molecule has 1 fully saturated rings. The largest absolute Gasteiger partial charge is 0.454 e. The smallest absolute Gasteiger partial charge is 0.231 e. The van der Waals surface area contributed by atoms with Gasteiger partial charge in [0.2, 0.25) is 12.7 Å². The van der Waals surface area contributed by atoms with Crippen LogP contribution in [0.25, 0.3) is 0 Å². The number of benzene rings is 1. The molecule has 18 heavy (non-hydrogen) atoms. The average molecular weight is 249 g/mol. The molecule has 96 valence electrons. The lowest BCUT2D eigenvalue weighted by Gasteiger charge is -2.24. The molecule has 5 nitrogen and oxygen atoms in total. The van der Waals surface area contributed by atoms with Crippen LogP contribution in [0.2, 0.25) is 0 Å². The van der Waals surface area contributed by atoms with E-state index in [1.54, 1.807) is 4.90 Å². The quantitative estimate of drug-likeness (QED) is 0.854. The van der Waals surface area contributed by atoms with Gasteiger partial charge in [0.1, 0.15) is 0 Å². The predicted molar refractivity (Wildman–Crippen MR) is 64.7 cm³/mol. The Kier molecular flexibility index (Phi) is 2.63. The van der Waals surface area contributed by atoms with Gasteiger partial charge in [0.15, 0.2) is 11.5 Å². The Labute approximate surface area is 105 Å². The van der Waals surface area contributed by atoms with Crippen LogP contribution in [0.5, 0.6) is 11.5 Å². The van der Waals surface area contributed by atoms with E-state index in [1.165, 1.54) is 0 Å². The fourth-order valence-electron chi connectivity index (χ4n) is 2.56. The Balaban J connectivity index is 1.93. The molecule has 1 N–H and O–H groups in total. The summed E-state index contributed by atoms with van der Waals surface area (Å²) in [5.41, 5.74) is 0.799. The van der Waals surface area contributed by atoms with E-state index in [9.17, 15) is 9.90 Å². The number of ether oxygens (including phenoxy) is 2. The van der Waals surface area contributed by atoms with Crippen molar-refractivity contribution in [3.63, 3.8) is 0 Å². The van der Waals surface area contributed by atoms with E-state index in [0.717, 1.165) is 5.69 Å². The first kappa shape index (κ1) is 11.3. The average Bonchev–Trinajstić information content (AvgIpc) is 2.93. The number of hydrogen-bond acceptors (Lipinski definition) is 4. The van der Waals surface area contributed by atoms with Crippen LogP contribution in [-0.2, 0) is 4.79 Å². The van der Waals surface area contributed by atoms with Crippen molar-refractivity contribution >= 4 is 11.6 Å². The molecule has 0 aromatic heterocycles. The first-order chi connectivity index (χ1) is 8.70. The minimum atomic E-state index is 0.00266. The minimum Gasteiger partial charge on any atom is -0.454 e. The maximum Gasteiger partial charge on any atom is 0.231 e. The zero-order valence-corrected chi connectivity index (χ0v) is 10.1. The molecule has 1 aromatic rings. The molecular formula is C13H15NO4. The summed E-state index contributed by atoms with van der Waals surface area (Å²) in [4.78, 5) is 13.7. The van der Waals surface area contributed by atoms with Gasteiger partial charge in [-0.15, -0.1) is 0 Å². The molecular weight excluding hydrogens is 234 g/mol. The van der Waals surface area contributed by atoms with Crippen LogP contribution < -0.4 is 14.4 Å². The van der Waals surface area contributed by atoms with Gasteiger partial charge >= 0.3 is 0 Å². The van der Waals surface area contributed by atoms with Crippen LogP contribution in [0.1, 0.15) is 13.3 Å². The van der Waals surface area contributed by atoms with Gasteiger partial charge in [-0.05, 0) is 19.1 Å². The lowest BCUT2D eigenvalue weighted by molar-refractivity contribution is -0.117. The molecule has 1 amide bonds. The van der Waals surface area contributed by atoms with Crippen molar-refractivity contribution in [2.45, 2.75) is 19.4 Å². The summed E-state index contributed by atoms with van der Waals surface area (Å²) in [7, 11) is 0. The van der Waals surface area contributed by atoms with Gasteiger partial charge in [-0.3, -0.25) is 4.79 Å². The molecule has 0 aliphatic carbocycles. The molecule has 0 saturated carbocycles. The molecule has 3 rings (SSSR count). The first-order valence-corrected chi connectivity index (χ1v) is 6.03. The molecule has 1 saturated heterocycles. The van der Waals surface area contributed by atoms with Crippen molar-refractivity contribution in [1.82, 2.24) is 0 Å². The van der Waals surface area contributed by atoms with Crippen molar-refractivity contribution in [2.24, 2.45) is 5.92 Å². The number of carbonyl (C=O) groups is 1. The minimum absolute atomic E-state index is 0.00266. The standard InChI is InChI=1S/C13H15NO4/c1-8-9(6-15)4-13(16)14(8)10-2-3-11-12(5-10)18-7-17-11/h2-3,5,8-9,15H,4,6-7H2,1H3. The van der Waals surface area contributed by atoms with E-state index >= 15 is 0 Å². The highest BCUT2D eigenvalue weighted by Gasteiger charge is 2.37. The Hall–Kier alpha value is -1.75. The molecule has 2 unspecified atom stereocenters. The molecule has 1 aromatic carbocycles. The Morgan fingerprint density at radius 3 is 2.89 bits per heavy atom. The van der Waals surface area contributed by atoms with Crippen molar-refractivity contribution < 1.29 is 19.4 Å². The fraction of sp³-hybridized carbons (Fsp3) is 0.462. The highest BCUT2D eigenvalue weighted by Crippen LogP contribution is 2.38. The van der Waals surface area contributed by atoms with E-state index in [4.69, 9.17) is 9.47 Å². The van der Waals surface area contributed by atoms with Crippen LogP contribution >= 0.6 is 0 Å². The molecule has 0 bridgehead atoms. The maximum absolute atomic E-state index is 12.0. The molecule has 2 heterocycles. The van der Waals surface area contributed by atoms with Crippen LogP contribution in [0.4, 0.5) is 5.69 Å². The Morgan fingerprint density at radius 1 is 1.39 bits per heavy atom. The van der Waals surface area contributed by atoms with Gasteiger partial charge in [-0.25, -0.2) is 0 Å². The first-order valence-electron chi connectivity index (χ1n) is 6.03. The van der Waals surface area contributed by atoms with Crippen LogP contribution in [0.3, 0.4) is 0 Å². The van der Waals surface area contributed by atoms with Crippen molar-refractivity contribution in [3.05, 3.63) is 18.2 Å². The van der Waals surface area contributed by atoms with E-state index in [2.05, 4.69) is 0 Å². The number of rotatable bonds is 2. The topological polar surface area (TPSA) is 59.0 Å². The fourth-order valence-corrected chi connectivity index (χ4v) is 2.56. The van der Waals surface area contributed by atoms with Gasteiger partial charge < -0.3 is 19.5 Å². The molecule has 2 atom stereocenters. The van der Waals surface area contributed by atoms with Crippen molar-refractivity contribution in [3.8, 4) is 11.5 Å². The van der Waals surface area contributed by atoms with E-state index in [0.29, 0.717) is 17.9 Å². The third-order valence-electron chi connectivity index (χ3n) is 3.66. The van der Waals surface area contributed by atoms with E-state index < -0.39 is 0 Å². The number of aliphatic hydroxyl groups excluding tert-OH is 1. The summed E-state index contributed by atoms with van der Waals surface area (Å²) in [6.07, 6.45) is 0.395. The third kappa shape index (κ3) is 1.62. The van der Waals surface area contributed by atoms with Crippen molar-refractivity contribution in [2.75, 3.05) is 18.3 Å². The third-order valence-corrected chi connectivity index (χ3v) is 3.66. The number of hydrogen-bond donors (Lipinski definition) is 1. The number of nitrogens with zero attached hydrogens (tertiary/aromatic N) is 1. The summed E-state index contributed by atoms with van der Waals surface area (Å²) in [6.45, 7) is 2.21. The SMILES string of the molecule is CC1C(CO)CC(=O)N1c1ccc2c(c1)OCO2. The van der Waals surface area contributed by atoms with Gasteiger partial charge in [-0.2, -0.15) is 0 Å². The zero-order chi connectivity index (χ0) is 12.7. The summed E-state index contributed by atoms with van der Waals surface area (Å²) in [5.74, 6) is 1.42. The predicted octanol–water partition coefficient (Wildman–Crippen LogP) is 1.15. The molecule has 0 spiro atoms. The molecule has 5 heteroatoms. The second-order valence-corrected chi connectivity index (χ2v) is 4.69. The van der Waals surface area contributed by atoms with Crippen LogP contribution in [-0.4, -0.2) is 30.5 Å². The monoisotopic (exact) mass is 249 g/mol. The summed E-state index contributed by atoms with van der Waals surface area (Å²) >= 11 is 0. The Morgan fingerprint density at radius 2 is 2.17 bits per heavy atom. The second-order valence-electron chi connectivity index (χ2n) is 4.69. The number of amides is 1. The second kappa shape index (κ2) is 4.17. The summed E-state index contributed by atoms with van der Waals surface area (Å²) < 4.78 is 10.6.